The molecule has 2 rings (SSSR count). The maximum atomic E-state index is 5.65. The van der Waals surface area contributed by atoms with Crippen LogP contribution in [0.3, 0.4) is 0 Å². The van der Waals surface area contributed by atoms with Crippen LogP contribution < -0.4 is 5.32 Å². The monoisotopic (exact) mass is 221 g/mol. The molecule has 0 saturated heterocycles. The van der Waals surface area contributed by atoms with Crippen molar-refractivity contribution in [3.8, 4) is 0 Å². The molecule has 0 aromatic carbocycles. The second kappa shape index (κ2) is 5.21. The Morgan fingerprint density at radius 1 is 1.44 bits per heavy atom. The molecule has 1 N–H and O–H groups in total. The topological polar surface area (TPSA) is 34.4 Å². The van der Waals surface area contributed by atoms with Gasteiger partial charge in [0.2, 0.25) is 0 Å². The first-order valence-corrected chi connectivity index (χ1v) is 5.99. The summed E-state index contributed by atoms with van der Waals surface area (Å²) in [6.45, 7) is 5.93. The van der Waals surface area contributed by atoms with Gasteiger partial charge in [-0.3, -0.25) is 0 Å². The van der Waals surface area contributed by atoms with E-state index >= 15 is 0 Å². The van der Waals surface area contributed by atoms with Crippen molar-refractivity contribution in [1.82, 2.24) is 5.32 Å². The van der Waals surface area contributed by atoms with Crippen LogP contribution in [0.15, 0.2) is 28.6 Å². The van der Waals surface area contributed by atoms with Gasteiger partial charge in [0, 0.05) is 18.4 Å². The molecule has 3 nitrogen and oxygen atoms in total. The van der Waals surface area contributed by atoms with Gasteiger partial charge in [0.1, 0.15) is 11.5 Å². The van der Waals surface area contributed by atoms with Crippen molar-refractivity contribution < 1.29 is 9.15 Å². The number of nitrogens with one attached hydrogen (secondary N) is 1. The summed E-state index contributed by atoms with van der Waals surface area (Å²) in [5.74, 6) is 2.08. The summed E-state index contributed by atoms with van der Waals surface area (Å²) in [6.07, 6.45) is 5.85. The summed E-state index contributed by atoms with van der Waals surface area (Å²) in [6, 6.07) is 2.19. The fourth-order valence-corrected chi connectivity index (χ4v) is 2.10. The highest BCUT2D eigenvalue weighted by Crippen LogP contribution is 2.29. The number of ether oxygens (including phenoxy) is 1. The van der Waals surface area contributed by atoms with Gasteiger partial charge in [0.25, 0.3) is 0 Å². The van der Waals surface area contributed by atoms with Crippen molar-refractivity contribution in [2.45, 2.75) is 32.7 Å². The number of rotatable bonds is 5. The Kier molecular flexibility index (Phi) is 3.67. The second-order valence-corrected chi connectivity index (χ2v) is 3.89. The first-order chi connectivity index (χ1) is 7.86. The average molecular weight is 221 g/mol. The normalized spacial score (nSPS) is 17.0. The van der Waals surface area contributed by atoms with E-state index in [1.807, 2.05) is 6.07 Å². The van der Waals surface area contributed by atoms with Gasteiger partial charge in [0.05, 0.1) is 18.9 Å². The fraction of sp³-hybridized carbons (Fsp3) is 0.538. The predicted molar refractivity (Wildman–Crippen MR) is 63.2 cm³/mol. The summed E-state index contributed by atoms with van der Waals surface area (Å²) >= 11 is 0. The van der Waals surface area contributed by atoms with Crippen LogP contribution in [0.25, 0.3) is 0 Å². The molecule has 1 aromatic rings. The lowest BCUT2D eigenvalue weighted by Gasteiger charge is -2.18. The van der Waals surface area contributed by atoms with Crippen molar-refractivity contribution >= 4 is 0 Å². The van der Waals surface area contributed by atoms with E-state index in [1.54, 1.807) is 6.26 Å². The van der Waals surface area contributed by atoms with Gasteiger partial charge in [-0.2, -0.15) is 0 Å². The minimum atomic E-state index is 0.154. The third kappa shape index (κ3) is 2.14. The Morgan fingerprint density at radius 3 is 2.94 bits per heavy atom. The fourth-order valence-electron chi connectivity index (χ4n) is 2.10. The Bertz CT molecular complexity index is 368. The molecule has 1 aromatic heterocycles. The number of likely N-dealkylation sites (N-methyl/N-ethyl adjacent to an activating group) is 1. The van der Waals surface area contributed by atoms with Crippen LogP contribution in [0.2, 0.25) is 0 Å². The first kappa shape index (κ1) is 11.3. The van der Waals surface area contributed by atoms with E-state index in [4.69, 9.17) is 9.15 Å². The van der Waals surface area contributed by atoms with Crippen molar-refractivity contribution in [2.75, 3.05) is 13.2 Å². The molecule has 0 amide bonds. The highest BCUT2D eigenvalue weighted by molar-refractivity contribution is 5.29. The largest absolute Gasteiger partial charge is 0.496 e. The maximum absolute atomic E-state index is 5.65. The zero-order chi connectivity index (χ0) is 11.4. The molecule has 0 bridgehead atoms. The third-order valence-corrected chi connectivity index (χ3v) is 2.84. The van der Waals surface area contributed by atoms with E-state index in [2.05, 4.69) is 25.2 Å². The molecule has 0 aliphatic carbocycles. The lowest BCUT2D eigenvalue weighted by Crippen LogP contribution is -2.23. The number of aryl methyl sites for hydroxylation is 1. The van der Waals surface area contributed by atoms with Crippen LogP contribution in [0.5, 0.6) is 0 Å². The molecular formula is C13H19NO2. The van der Waals surface area contributed by atoms with Gasteiger partial charge in [-0.1, -0.05) is 13.8 Å². The average Bonchev–Trinajstić information content (AvgIpc) is 2.96. The molecule has 1 aliphatic heterocycles. The summed E-state index contributed by atoms with van der Waals surface area (Å²) in [4.78, 5) is 0. The molecule has 0 saturated carbocycles. The molecule has 0 spiro atoms. The smallest absolute Gasteiger partial charge is 0.114 e. The summed E-state index contributed by atoms with van der Waals surface area (Å²) in [5, 5.41) is 3.45. The number of hydrogen-bond acceptors (Lipinski definition) is 3. The lowest BCUT2D eigenvalue weighted by atomic mass is 10.0. The Hall–Kier alpha value is -1.22. The number of hydrogen-bond donors (Lipinski definition) is 1. The zero-order valence-electron chi connectivity index (χ0n) is 9.95. The molecular weight excluding hydrogens is 202 g/mol. The summed E-state index contributed by atoms with van der Waals surface area (Å²) in [5.41, 5.74) is 1.21. The highest BCUT2D eigenvalue weighted by atomic mass is 16.5. The van der Waals surface area contributed by atoms with E-state index in [9.17, 15) is 0 Å². The molecule has 3 heteroatoms. The van der Waals surface area contributed by atoms with Gasteiger partial charge < -0.3 is 14.5 Å². The molecule has 88 valence electrons. The molecule has 16 heavy (non-hydrogen) atoms. The molecule has 0 radical (unpaired) electrons. The molecule has 2 heterocycles. The highest BCUT2D eigenvalue weighted by Gasteiger charge is 2.23. The Labute approximate surface area is 96.5 Å². The molecule has 1 aliphatic rings. The van der Waals surface area contributed by atoms with Gasteiger partial charge in [-0.15, -0.1) is 0 Å². The van der Waals surface area contributed by atoms with E-state index in [-0.39, 0.29) is 6.04 Å². The van der Waals surface area contributed by atoms with Crippen molar-refractivity contribution in [3.63, 3.8) is 0 Å². The van der Waals surface area contributed by atoms with Gasteiger partial charge in [-0.25, -0.2) is 0 Å². The van der Waals surface area contributed by atoms with Crippen LogP contribution in [0.4, 0.5) is 0 Å². The van der Waals surface area contributed by atoms with Crippen LogP contribution in [0, 0.1) is 0 Å². The molecule has 0 fully saturated rings. The van der Waals surface area contributed by atoms with Crippen LogP contribution >= 0.6 is 0 Å². The Morgan fingerprint density at radius 2 is 2.31 bits per heavy atom. The van der Waals surface area contributed by atoms with Crippen LogP contribution in [0.1, 0.15) is 37.6 Å². The Balaban J connectivity index is 2.24. The standard InChI is InChI=1S/C13H19NO2/c1-3-11-10(7-9-16-11)13(14-4-2)12-6-5-8-15-12/h6-7,9,13-14H,3-5,8H2,1-2H3. The summed E-state index contributed by atoms with van der Waals surface area (Å²) in [7, 11) is 0. The van der Waals surface area contributed by atoms with E-state index in [1.165, 1.54) is 5.56 Å². The van der Waals surface area contributed by atoms with E-state index in [0.29, 0.717) is 0 Å². The molecule has 1 unspecified atom stereocenters. The SMILES string of the molecule is CCNC(C1=CCCO1)c1ccoc1CC. The summed E-state index contributed by atoms with van der Waals surface area (Å²) < 4.78 is 11.1. The zero-order valence-corrected chi connectivity index (χ0v) is 9.95. The van der Waals surface area contributed by atoms with E-state index < -0.39 is 0 Å². The van der Waals surface area contributed by atoms with Crippen LogP contribution in [-0.4, -0.2) is 13.2 Å². The number of furan rings is 1. The maximum Gasteiger partial charge on any atom is 0.114 e. The van der Waals surface area contributed by atoms with Crippen molar-refractivity contribution in [3.05, 3.63) is 35.5 Å². The lowest BCUT2D eigenvalue weighted by molar-refractivity contribution is 0.215. The third-order valence-electron chi connectivity index (χ3n) is 2.84. The van der Waals surface area contributed by atoms with Gasteiger partial charge >= 0.3 is 0 Å². The van der Waals surface area contributed by atoms with Gasteiger partial charge in [0.15, 0.2) is 0 Å². The minimum absolute atomic E-state index is 0.154. The minimum Gasteiger partial charge on any atom is -0.496 e. The van der Waals surface area contributed by atoms with Crippen molar-refractivity contribution in [2.24, 2.45) is 0 Å². The van der Waals surface area contributed by atoms with Gasteiger partial charge in [-0.05, 0) is 18.7 Å². The predicted octanol–water partition coefficient (Wildman–Crippen LogP) is 2.80. The second-order valence-electron chi connectivity index (χ2n) is 3.89. The van der Waals surface area contributed by atoms with Crippen LogP contribution in [-0.2, 0) is 11.2 Å². The van der Waals surface area contributed by atoms with Crippen molar-refractivity contribution in [1.29, 1.82) is 0 Å². The quantitative estimate of drug-likeness (QED) is 0.830. The molecule has 1 atom stereocenters. The van der Waals surface area contributed by atoms with E-state index in [0.717, 1.165) is 37.5 Å². The first-order valence-electron chi connectivity index (χ1n) is 5.99.